The molecule has 0 unspecified atom stereocenters. The number of rotatable bonds is 12. The van der Waals surface area contributed by atoms with Crippen molar-refractivity contribution in [3.63, 3.8) is 0 Å². The van der Waals surface area contributed by atoms with Gasteiger partial charge in [-0.2, -0.15) is 0 Å². The Morgan fingerprint density at radius 1 is 0.684 bits per heavy atom. The minimum atomic E-state index is -4.24. The van der Waals surface area contributed by atoms with Gasteiger partial charge in [0, 0.05) is 0 Å². The molecular weight excluding hydrogens is 281 g/mol. The summed E-state index contributed by atoms with van der Waals surface area (Å²) in [4.78, 5) is 20.7. The van der Waals surface area contributed by atoms with Crippen LogP contribution in [0, 0.1) is 0 Å². The SMILES string of the molecule is CCCCCCCCCCCCCP(=O)([O-])[O-].[Na+].[Na+]. The molecule has 0 rings (SSSR count). The van der Waals surface area contributed by atoms with Crippen LogP contribution in [0.15, 0.2) is 0 Å². The number of unbranched alkanes of at least 4 members (excludes halogenated alkanes) is 10. The second kappa shape index (κ2) is 18.2. The van der Waals surface area contributed by atoms with E-state index < -0.39 is 7.60 Å². The Bertz CT molecular complexity index is 210. The summed E-state index contributed by atoms with van der Waals surface area (Å²) in [5.74, 6) is 0. The third-order valence-electron chi connectivity index (χ3n) is 3.04. The van der Waals surface area contributed by atoms with Crippen LogP contribution in [-0.4, -0.2) is 6.16 Å². The van der Waals surface area contributed by atoms with Crippen molar-refractivity contribution in [1.82, 2.24) is 0 Å². The van der Waals surface area contributed by atoms with Crippen LogP contribution in [0.4, 0.5) is 0 Å². The van der Waals surface area contributed by atoms with Gasteiger partial charge in [-0.25, -0.2) is 0 Å². The summed E-state index contributed by atoms with van der Waals surface area (Å²) in [6.07, 6.45) is 12.7. The van der Waals surface area contributed by atoms with Crippen molar-refractivity contribution in [1.29, 1.82) is 0 Å². The molecule has 0 bridgehead atoms. The van der Waals surface area contributed by atoms with Gasteiger partial charge in [-0.3, -0.25) is 0 Å². The quantitative estimate of drug-likeness (QED) is 0.223. The van der Waals surface area contributed by atoms with E-state index in [0.29, 0.717) is 6.42 Å². The maximum Gasteiger partial charge on any atom is 1.00 e. The molecule has 0 aliphatic heterocycles. The summed E-state index contributed by atoms with van der Waals surface area (Å²) in [6.45, 7) is 2.22. The van der Waals surface area contributed by atoms with Gasteiger partial charge in [0.1, 0.15) is 0 Å². The third kappa shape index (κ3) is 25.4. The van der Waals surface area contributed by atoms with Gasteiger partial charge in [0.05, 0.1) is 0 Å². The predicted octanol–water partition coefficient (Wildman–Crippen LogP) is -2.78. The smallest absolute Gasteiger partial charge is 0.811 e. The van der Waals surface area contributed by atoms with Crippen LogP contribution in [0.5, 0.6) is 0 Å². The van der Waals surface area contributed by atoms with Crippen molar-refractivity contribution in [2.75, 3.05) is 6.16 Å². The van der Waals surface area contributed by atoms with E-state index >= 15 is 0 Å². The van der Waals surface area contributed by atoms with E-state index in [1.165, 1.54) is 51.4 Å². The van der Waals surface area contributed by atoms with Crippen molar-refractivity contribution in [3.8, 4) is 0 Å². The molecule has 0 atom stereocenters. The van der Waals surface area contributed by atoms with Crippen LogP contribution >= 0.6 is 7.60 Å². The zero-order valence-electron chi connectivity index (χ0n) is 13.2. The van der Waals surface area contributed by atoms with E-state index in [2.05, 4.69) is 6.92 Å². The van der Waals surface area contributed by atoms with Crippen molar-refractivity contribution in [2.24, 2.45) is 0 Å². The number of hydrogen-bond acceptors (Lipinski definition) is 3. The van der Waals surface area contributed by atoms with Gasteiger partial charge in [0.25, 0.3) is 0 Å². The van der Waals surface area contributed by atoms with Crippen LogP contribution in [0.2, 0.25) is 0 Å². The number of hydrogen-bond donors (Lipinski definition) is 0. The van der Waals surface area contributed by atoms with E-state index in [0.717, 1.165) is 12.8 Å². The molecule has 0 aliphatic carbocycles. The first kappa shape index (κ1) is 26.1. The van der Waals surface area contributed by atoms with Gasteiger partial charge in [-0.1, -0.05) is 78.7 Å². The molecule has 0 N–H and O–H groups in total. The first-order valence-corrected chi connectivity index (χ1v) is 8.80. The van der Waals surface area contributed by atoms with Crippen LogP contribution in [0.3, 0.4) is 0 Å². The maximum absolute atomic E-state index is 10.4. The van der Waals surface area contributed by atoms with Crippen LogP contribution in [0.1, 0.15) is 77.6 Å². The standard InChI is InChI=1S/C13H29O3P.2Na/c1-2-3-4-5-6-7-8-9-10-11-12-13-17(14,15)16;;/h2-13H2,1H3,(H2,14,15,16);;/q;2*+1/p-2. The molecule has 0 aromatic carbocycles. The zero-order chi connectivity index (χ0) is 13.0. The summed E-state index contributed by atoms with van der Waals surface area (Å²) in [6, 6.07) is 0. The second-order valence-corrected chi connectivity index (χ2v) is 6.54. The summed E-state index contributed by atoms with van der Waals surface area (Å²) < 4.78 is 10.4. The average molecular weight is 308 g/mol. The van der Waals surface area contributed by atoms with Gasteiger partial charge in [-0.15, -0.1) is 0 Å². The van der Waals surface area contributed by atoms with E-state index in [1.54, 1.807) is 0 Å². The molecule has 0 radical (unpaired) electrons. The second-order valence-electron chi connectivity index (χ2n) is 4.87. The van der Waals surface area contributed by atoms with Crippen molar-refractivity contribution >= 4 is 7.60 Å². The fourth-order valence-electron chi connectivity index (χ4n) is 1.97. The van der Waals surface area contributed by atoms with Crippen LogP contribution in [0.25, 0.3) is 0 Å². The molecule has 0 aromatic heterocycles. The van der Waals surface area contributed by atoms with Gasteiger partial charge < -0.3 is 14.4 Å². The van der Waals surface area contributed by atoms with E-state index in [1.807, 2.05) is 0 Å². The summed E-state index contributed by atoms with van der Waals surface area (Å²) in [5, 5.41) is 0. The van der Waals surface area contributed by atoms with Crippen LogP contribution < -0.4 is 68.9 Å². The summed E-state index contributed by atoms with van der Waals surface area (Å²) in [7, 11) is -4.24. The van der Waals surface area contributed by atoms with Gasteiger partial charge in [0.15, 0.2) is 0 Å². The Kier molecular flexibility index (Phi) is 25.0. The molecule has 0 aliphatic rings. The molecule has 0 amide bonds. The summed E-state index contributed by atoms with van der Waals surface area (Å²) in [5.41, 5.74) is 0. The Balaban J connectivity index is -0.00000128. The van der Waals surface area contributed by atoms with E-state index in [4.69, 9.17) is 0 Å². The zero-order valence-corrected chi connectivity index (χ0v) is 18.1. The molecule has 0 saturated heterocycles. The van der Waals surface area contributed by atoms with Crippen molar-refractivity contribution in [2.45, 2.75) is 77.6 Å². The Morgan fingerprint density at radius 2 is 1.00 bits per heavy atom. The third-order valence-corrected chi connectivity index (χ3v) is 3.90. The molecular formula is C13H27Na2O3P. The minimum absolute atomic E-state index is 0. The molecule has 0 fully saturated rings. The van der Waals surface area contributed by atoms with Crippen LogP contribution in [-0.2, 0) is 4.57 Å². The minimum Gasteiger partial charge on any atom is -0.811 e. The monoisotopic (exact) mass is 308 g/mol. The molecule has 0 heterocycles. The van der Waals surface area contributed by atoms with Crippen molar-refractivity contribution in [3.05, 3.63) is 0 Å². The molecule has 104 valence electrons. The van der Waals surface area contributed by atoms with E-state index in [-0.39, 0.29) is 65.3 Å². The molecule has 19 heavy (non-hydrogen) atoms. The first-order chi connectivity index (χ1) is 8.06. The molecule has 6 heteroatoms. The van der Waals surface area contributed by atoms with Gasteiger partial charge in [0.2, 0.25) is 0 Å². The summed E-state index contributed by atoms with van der Waals surface area (Å²) >= 11 is 0. The van der Waals surface area contributed by atoms with Crippen molar-refractivity contribution < 1.29 is 73.5 Å². The molecule has 0 spiro atoms. The fourth-order valence-corrected chi connectivity index (χ4v) is 2.58. The van der Waals surface area contributed by atoms with E-state index in [9.17, 15) is 14.4 Å². The Labute approximate surface area is 163 Å². The topological polar surface area (TPSA) is 63.2 Å². The predicted molar refractivity (Wildman–Crippen MR) is 68.9 cm³/mol. The Hall–Kier alpha value is 2.15. The maximum atomic E-state index is 10.4. The Morgan fingerprint density at radius 3 is 1.32 bits per heavy atom. The molecule has 3 nitrogen and oxygen atoms in total. The largest absolute Gasteiger partial charge is 1.00 e. The van der Waals surface area contributed by atoms with Gasteiger partial charge >= 0.3 is 59.1 Å². The molecule has 0 aromatic rings. The fraction of sp³-hybridized carbons (Fsp3) is 1.00. The average Bonchev–Trinajstić information content (AvgIpc) is 2.24. The normalized spacial score (nSPS) is 10.7. The first-order valence-electron chi connectivity index (χ1n) is 7.07. The molecule has 0 saturated carbocycles. The van der Waals surface area contributed by atoms with Gasteiger partial charge in [-0.05, 0) is 12.6 Å².